The maximum atomic E-state index is 13.8. The SMILES string of the molecule is C=CCC(CC)(CC)CC(=O)NCCN1CCN(c2ccc(-c3cc(C(=O)NCc4c(C)cc(C)[nH]c4=O)c4c(C)cn(C(C)C)c4c3)cn2)CC1. The third-order valence-electron chi connectivity index (χ3n) is 11.0. The Hall–Kier alpha value is -4.70. The van der Waals surface area contributed by atoms with Gasteiger partial charge in [0, 0.05) is 104 Å². The molecule has 1 aliphatic rings. The highest BCUT2D eigenvalue weighted by molar-refractivity contribution is 6.09. The van der Waals surface area contributed by atoms with Gasteiger partial charge in [0.1, 0.15) is 5.82 Å². The number of piperazine rings is 1. The Balaban J connectivity index is 1.25. The maximum absolute atomic E-state index is 13.8. The van der Waals surface area contributed by atoms with E-state index >= 15 is 0 Å². The van der Waals surface area contributed by atoms with Crippen LogP contribution in [0.1, 0.15) is 92.2 Å². The van der Waals surface area contributed by atoms with Gasteiger partial charge in [0.15, 0.2) is 0 Å². The van der Waals surface area contributed by atoms with Crippen molar-refractivity contribution in [1.29, 1.82) is 0 Å². The van der Waals surface area contributed by atoms with Gasteiger partial charge in [-0.2, -0.15) is 0 Å². The number of hydrogen-bond donors (Lipinski definition) is 3. The van der Waals surface area contributed by atoms with Crippen LogP contribution in [0, 0.1) is 26.2 Å². The van der Waals surface area contributed by atoms with Crippen molar-refractivity contribution in [3.8, 4) is 11.1 Å². The molecule has 0 aliphatic carbocycles. The molecule has 10 nitrogen and oxygen atoms in total. The summed E-state index contributed by atoms with van der Waals surface area (Å²) in [5, 5.41) is 7.09. The molecule has 10 heteroatoms. The first-order chi connectivity index (χ1) is 24.9. The lowest BCUT2D eigenvalue weighted by atomic mass is 9.76. The molecule has 4 heterocycles. The number of carbonyl (C=O) groups excluding carboxylic acids is 2. The van der Waals surface area contributed by atoms with Crippen molar-refractivity contribution in [2.75, 3.05) is 44.2 Å². The molecule has 1 fully saturated rings. The first-order valence-corrected chi connectivity index (χ1v) is 18.8. The van der Waals surface area contributed by atoms with Crippen LogP contribution in [0.3, 0.4) is 0 Å². The highest BCUT2D eigenvalue weighted by Gasteiger charge is 2.28. The molecule has 3 N–H and O–H groups in total. The van der Waals surface area contributed by atoms with E-state index in [1.54, 1.807) is 0 Å². The van der Waals surface area contributed by atoms with Crippen LogP contribution < -0.4 is 21.1 Å². The lowest BCUT2D eigenvalue weighted by molar-refractivity contribution is -0.123. The summed E-state index contributed by atoms with van der Waals surface area (Å²) in [7, 11) is 0. The predicted octanol–water partition coefficient (Wildman–Crippen LogP) is 6.84. The summed E-state index contributed by atoms with van der Waals surface area (Å²) in [4.78, 5) is 51.6. The van der Waals surface area contributed by atoms with Gasteiger partial charge in [0.05, 0.1) is 0 Å². The molecule has 1 aromatic carbocycles. The van der Waals surface area contributed by atoms with Gasteiger partial charge in [-0.25, -0.2) is 4.98 Å². The normalized spacial score (nSPS) is 13.9. The fraction of sp³-hybridized carbons (Fsp3) is 0.476. The van der Waals surface area contributed by atoms with E-state index in [1.165, 1.54) is 0 Å². The molecule has 0 spiro atoms. The number of H-pyrrole nitrogens is 1. The van der Waals surface area contributed by atoms with E-state index in [9.17, 15) is 14.4 Å². The van der Waals surface area contributed by atoms with Crippen molar-refractivity contribution in [1.82, 2.24) is 30.1 Å². The highest BCUT2D eigenvalue weighted by atomic mass is 16.2. The number of aromatic nitrogens is 3. The van der Waals surface area contributed by atoms with Crippen molar-refractivity contribution in [3.05, 3.63) is 93.7 Å². The summed E-state index contributed by atoms with van der Waals surface area (Å²) >= 11 is 0. The van der Waals surface area contributed by atoms with E-state index in [4.69, 9.17) is 4.98 Å². The van der Waals surface area contributed by atoms with Gasteiger partial charge >= 0.3 is 0 Å². The van der Waals surface area contributed by atoms with Crippen molar-refractivity contribution in [3.63, 3.8) is 0 Å². The van der Waals surface area contributed by atoms with Crippen molar-refractivity contribution in [2.45, 2.75) is 86.7 Å². The molecule has 0 radical (unpaired) electrons. The maximum Gasteiger partial charge on any atom is 0.253 e. The molecule has 52 heavy (non-hydrogen) atoms. The molecule has 0 atom stereocenters. The van der Waals surface area contributed by atoms with Gasteiger partial charge in [-0.3, -0.25) is 19.3 Å². The lowest BCUT2D eigenvalue weighted by Gasteiger charge is -2.35. The summed E-state index contributed by atoms with van der Waals surface area (Å²) in [5.41, 5.74) is 6.46. The first kappa shape index (κ1) is 38.5. The second-order valence-corrected chi connectivity index (χ2v) is 14.8. The average Bonchev–Trinajstić information content (AvgIpc) is 3.47. The molecule has 3 aromatic heterocycles. The number of anilines is 1. The Bertz CT molecular complexity index is 1940. The van der Waals surface area contributed by atoms with Crippen molar-refractivity contribution in [2.24, 2.45) is 5.41 Å². The van der Waals surface area contributed by atoms with Crippen LogP contribution in [0.2, 0.25) is 0 Å². The van der Waals surface area contributed by atoms with E-state index < -0.39 is 0 Å². The van der Waals surface area contributed by atoms with Crippen LogP contribution >= 0.6 is 0 Å². The molecule has 278 valence electrons. The summed E-state index contributed by atoms with van der Waals surface area (Å²) in [6.07, 6.45) is 9.28. The number of aromatic amines is 1. The minimum absolute atomic E-state index is 0.00604. The number of fused-ring (bicyclic) bond motifs is 1. The van der Waals surface area contributed by atoms with Gasteiger partial charge in [-0.15, -0.1) is 6.58 Å². The topological polar surface area (TPSA) is 115 Å². The van der Waals surface area contributed by atoms with Gasteiger partial charge in [0.25, 0.3) is 11.5 Å². The van der Waals surface area contributed by atoms with Gasteiger partial charge in [0.2, 0.25) is 5.91 Å². The third kappa shape index (κ3) is 8.66. The molecule has 2 amide bonds. The zero-order valence-corrected chi connectivity index (χ0v) is 32.2. The quantitative estimate of drug-likeness (QED) is 0.117. The summed E-state index contributed by atoms with van der Waals surface area (Å²) in [5.74, 6) is 0.830. The zero-order chi connectivity index (χ0) is 37.6. The van der Waals surface area contributed by atoms with Crippen LogP contribution in [0.4, 0.5) is 5.82 Å². The first-order valence-electron chi connectivity index (χ1n) is 18.8. The number of allylic oxidation sites excluding steroid dienone is 1. The molecule has 0 unspecified atom stereocenters. The number of rotatable bonds is 15. The number of nitrogens with one attached hydrogen (secondary N) is 3. The van der Waals surface area contributed by atoms with Crippen LogP contribution in [-0.4, -0.2) is 70.5 Å². The molecule has 0 bridgehead atoms. The van der Waals surface area contributed by atoms with E-state index in [1.807, 2.05) is 45.2 Å². The molecule has 1 aliphatic heterocycles. The van der Waals surface area contributed by atoms with Crippen LogP contribution in [0.25, 0.3) is 22.0 Å². The molecule has 4 aromatic rings. The molecule has 1 saturated heterocycles. The van der Waals surface area contributed by atoms with Gasteiger partial charge in [-0.1, -0.05) is 19.9 Å². The monoisotopic (exact) mass is 707 g/mol. The van der Waals surface area contributed by atoms with Crippen molar-refractivity contribution >= 4 is 28.5 Å². The van der Waals surface area contributed by atoms with Crippen LogP contribution in [-0.2, 0) is 11.3 Å². The number of benzene rings is 1. The van der Waals surface area contributed by atoms with Crippen LogP contribution in [0.15, 0.2) is 60.2 Å². The standard InChI is InChI=1S/C42H57N7O3/c1-9-14-42(10-2,11-3)24-38(50)43-15-16-47-17-19-48(20-18-47)37-13-12-32(25-44-37)33-22-34(39-30(7)27-49(28(4)5)36(39)23-33)40(51)45-26-35-29(6)21-31(8)46-41(35)52/h9,12-13,21-23,25,27-28H,1,10-11,14-20,24,26H2,2-8H3,(H,43,50)(H,45,51)(H,46,52). The summed E-state index contributed by atoms with van der Waals surface area (Å²) < 4.78 is 2.21. The number of amides is 2. The number of carbonyl (C=O) groups is 2. The minimum Gasteiger partial charge on any atom is -0.355 e. The fourth-order valence-corrected chi connectivity index (χ4v) is 7.59. The number of hydrogen-bond acceptors (Lipinski definition) is 6. The van der Waals surface area contributed by atoms with E-state index in [-0.39, 0.29) is 35.4 Å². The van der Waals surface area contributed by atoms with E-state index in [2.05, 4.69) is 88.7 Å². The third-order valence-corrected chi connectivity index (χ3v) is 11.0. The Morgan fingerprint density at radius 2 is 1.73 bits per heavy atom. The Kier molecular flexibility index (Phi) is 12.4. The molecular formula is C42H57N7O3. The molecule has 5 rings (SSSR count). The Morgan fingerprint density at radius 3 is 2.35 bits per heavy atom. The lowest BCUT2D eigenvalue weighted by Crippen LogP contribution is -2.48. The Morgan fingerprint density at radius 1 is 1.00 bits per heavy atom. The summed E-state index contributed by atoms with van der Waals surface area (Å²) in [6, 6.07) is 10.4. The Labute approximate surface area is 308 Å². The second kappa shape index (κ2) is 16.8. The van der Waals surface area contributed by atoms with E-state index in [0.717, 1.165) is 96.7 Å². The van der Waals surface area contributed by atoms with E-state index in [0.29, 0.717) is 24.1 Å². The summed E-state index contributed by atoms with van der Waals surface area (Å²) in [6.45, 7) is 23.4. The van der Waals surface area contributed by atoms with Gasteiger partial charge < -0.3 is 25.1 Å². The van der Waals surface area contributed by atoms with Crippen molar-refractivity contribution < 1.29 is 9.59 Å². The second-order valence-electron chi connectivity index (χ2n) is 14.8. The van der Waals surface area contributed by atoms with Gasteiger partial charge in [-0.05, 0) is 106 Å². The minimum atomic E-state index is -0.222. The average molecular weight is 708 g/mol. The van der Waals surface area contributed by atoms with Crippen LogP contribution in [0.5, 0.6) is 0 Å². The molecular weight excluding hydrogens is 651 g/mol. The zero-order valence-electron chi connectivity index (χ0n) is 32.2. The highest BCUT2D eigenvalue weighted by Crippen LogP contribution is 2.35. The molecule has 0 saturated carbocycles. The predicted molar refractivity (Wildman–Crippen MR) is 212 cm³/mol. The smallest absolute Gasteiger partial charge is 0.253 e. The fourth-order valence-electron chi connectivity index (χ4n) is 7.59. The number of nitrogens with zero attached hydrogens (tertiary/aromatic N) is 4. The number of pyridine rings is 2. The largest absolute Gasteiger partial charge is 0.355 e. The number of aryl methyl sites for hydroxylation is 3.